The molecule has 0 atom stereocenters. The van der Waals surface area contributed by atoms with Crippen LogP contribution < -0.4 is 20.6 Å². The fourth-order valence-electron chi connectivity index (χ4n) is 2.75. The number of hydrogen-bond acceptors (Lipinski definition) is 7. The van der Waals surface area contributed by atoms with Gasteiger partial charge in [0.1, 0.15) is 6.61 Å². The predicted molar refractivity (Wildman–Crippen MR) is 124 cm³/mol. The summed E-state index contributed by atoms with van der Waals surface area (Å²) in [5, 5.41) is 14.7. The van der Waals surface area contributed by atoms with E-state index in [1.165, 1.54) is 25.5 Å². The molecule has 3 N–H and O–H groups in total. The second kappa shape index (κ2) is 10.4. The highest BCUT2D eigenvalue weighted by atomic mass is 79.9. The Kier molecular flexibility index (Phi) is 7.40. The number of methoxy groups -OCH3 is 1. The Balaban J connectivity index is 1.69. The molecule has 0 heterocycles. The van der Waals surface area contributed by atoms with Gasteiger partial charge in [-0.1, -0.05) is 12.1 Å². The Bertz CT molecular complexity index is 1170. The molecule has 3 rings (SSSR count). The number of benzene rings is 3. The molecular formula is C22H19BrN4O5. The molecule has 3 aromatic carbocycles. The maximum atomic E-state index is 12.2. The molecule has 0 aromatic heterocycles. The zero-order valence-electron chi connectivity index (χ0n) is 16.9. The number of nitrogen functional groups attached to an aromatic ring is 1. The third-order valence-electron chi connectivity index (χ3n) is 4.37. The molecule has 0 saturated carbocycles. The van der Waals surface area contributed by atoms with Crippen LogP contribution in [0.2, 0.25) is 0 Å². The second-order valence-corrected chi connectivity index (χ2v) is 7.39. The van der Waals surface area contributed by atoms with Crippen molar-refractivity contribution >= 4 is 39.4 Å². The van der Waals surface area contributed by atoms with Crippen molar-refractivity contribution in [2.45, 2.75) is 6.61 Å². The summed E-state index contributed by atoms with van der Waals surface area (Å²) in [7, 11) is 1.50. The molecule has 0 spiro atoms. The molecule has 0 fully saturated rings. The predicted octanol–water partition coefficient (Wildman–Crippen LogP) is 4.29. The monoisotopic (exact) mass is 498 g/mol. The zero-order chi connectivity index (χ0) is 23.1. The summed E-state index contributed by atoms with van der Waals surface area (Å²) >= 11 is 3.45. The van der Waals surface area contributed by atoms with Crippen molar-refractivity contribution < 1.29 is 19.2 Å². The molecule has 0 saturated heterocycles. The molecule has 1 amide bonds. The van der Waals surface area contributed by atoms with E-state index in [0.717, 1.165) is 5.56 Å². The van der Waals surface area contributed by atoms with Gasteiger partial charge in [-0.2, -0.15) is 5.10 Å². The highest BCUT2D eigenvalue weighted by molar-refractivity contribution is 9.10. The highest BCUT2D eigenvalue weighted by Gasteiger charge is 2.13. The van der Waals surface area contributed by atoms with E-state index >= 15 is 0 Å². The van der Waals surface area contributed by atoms with Gasteiger partial charge in [-0.25, -0.2) is 5.43 Å². The average molecular weight is 499 g/mol. The lowest BCUT2D eigenvalue weighted by molar-refractivity contribution is -0.384. The number of halogens is 1. The van der Waals surface area contributed by atoms with Crippen LogP contribution in [0.3, 0.4) is 0 Å². The minimum atomic E-state index is -0.457. The van der Waals surface area contributed by atoms with E-state index < -0.39 is 10.8 Å². The number of amides is 1. The summed E-state index contributed by atoms with van der Waals surface area (Å²) in [6, 6.07) is 16.2. The van der Waals surface area contributed by atoms with Gasteiger partial charge in [-0.15, -0.1) is 0 Å². The number of carbonyl (C=O) groups is 1. The lowest BCUT2D eigenvalue weighted by Crippen LogP contribution is -2.19. The Labute approximate surface area is 192 Å². The number of hydrogen-bond donors (Lipinski definition) is 2. The number of nitro groups is 1. The average Bonchev–Trinajstić information content (AvgIpc) is 2.78. The quantitative estimate of drug-likeness (QED) is 0.206. The molecule has 0 radical (unpaired) electrons. The van der Waals surface area contributed by atoms with Crippen LogP contribution in [0.1, 0.15) is 21.5 Å². The Morgan fingerprint density at radius 3 is 2.59 bits per heavy atom. The number of ether oxygens (including phenoxy) is 2. The van der Waals surface area contributed by atoms with Gasteiger partial charge in [-0.3, -0.25) is 14.9 Å². The zero-order valence-corrected chi connectivity index (χ0v) is 18.5. The van der Waals surface area contributed by atoms with Crippen LogP contribution in [0.15, 0.2) is 70.2 Å². The molecule has 164 valence electrons. The van der Waals surface area contributed by atoms with E-state index in [1.807, 2.05) is 0 Å². The molecule has 3 aromatic rings. The summed E-state index contributed by atoms with van der Waals surface area (Å²) in [6.07, 6.45) is 1.46. The summed E-state index contributed by atoms with van der Waals surface area (Å²) in [5.41, 5.74) is 10.3. The van der Waals surface area contributed by atoms with E-state index in [1.54, 1.807) is 48.5 Å². The number of para-hydroxylation sites is 1. The van der Waals surface area contributed by atoms with Crippen molar-refractivity contribution in [2.75, 3.05) is 12.8 Å². The summed E-state index contributed by atoms with van der Waals surface area (Å²) in [4.78, 5) is 22.5. The summed E-state index contributed by atoms with van der Waals surface area (Å²) < 4.78 is 11.9. The number of carbonyl (C=O) groups excluding carboxylic acids is 1. The number of anilines is 1. The van der Waals surface area contributed by atoms with E-state index in [0.29, 0.717) is 32.8 Å². The van der Waals surface area contributed by atoms with Crippen LogP contribution in [0.5, 0.6) is 11.5 Å². The van der Waals surface area contributed by atoms with E-state index in [-0.39, 0.29) is 12.3 Å². The van der Waals surface area contributed by atoms with Crippen LogP contribution in [-0.2, 0) is 6.61 Å². The number of nitrogens with zero attached hydrogens (tertiary/aromatic N) is 2. The largest absolute Gasteiger partial charge is 0.493 e. The third-order valence-corrected chi connectivity index (χ3v) is 4.96. The topological polar surface area (TPSA) is 129 Å². The van der Waals surface area contributed by atoms with E-state index in [2.05, 4.69) is 26.5 Å². The van der Waals surface area contributed by atoms with Crippen molar-refractivity contribution in [3.05, 3.63) is 91.9 Å². The van der Waals surface area contributed by atoms with E-state index in [9.17, 15) is 14.9 Å². The molecule has 32 heavy (non-hydrogen) atoms. The second-order valence-electron chi connectivity index (χ2n) is 6.53. The summed E-state index contributed by atoms with van der Waals surface area (Å²) in [5.74, 6) is 0.485. The van der Waals surface area contributed by atoms with Gasteiger partial charge in [0.05, 0.1) is 28.3 Å². The van der Waals surface area contributed by atoms with Gasteiger partial charge < -0.3 is 15.2 Å². The molecular weight excluding hydrogens is 480 g/mol. The van der Waals surface area contributed by atoms with Gasteiger partial charge in [-0.05, 0) is 63.5 Å². The van der Waals surface area contributed by atoms with Crippen LogP contribution in [-0.4, -0.2) is 24.2 Å². The first kappa shape index (κ1) is 22.8. The standard InChI is InChI=1S/C22H19BrN4O5/c1-31-20-11-15(12-25-26-22(28)17-4-2-3-5-19(17)24)10-18(23)21(20)32-13-14-6-8-16(9-7-14)27(29)30/h2-12H,13,24H2,1H3,(H,26,28)/b25-12-. The van der Waals surface area contributed by atoms with Gasteiger partial charge in [0.25, 0.3) is 11.6 Å². The molecule has 0 unspecified atom stereocenters. The molecule has 0 aliphatic carbocycles. The summed E-state index contributed by atoms with van der Waals surface area (Å²) in [6.45, 7) is 0.189. The minimum absolute atomic E-state index is 0.0122. The number of nitrogens with two attached hydrogens (primary N) is 1. The molecule has 0 bridgehead atoms. The lowest BCUT2D eigenvalue weighted by Gasteiger charge is -2.13. The van der Waals surface area contributed by atoms with Gasteiger partial charge >= 0.3 is 0 Å². The van der Waals surface area contributed by atoms with Crippen LogP contribution in [0.4, 0.5) is 11.4 Å². The van der Waals surface area contributed by atoms with Gasteiger partial charge in [0, 0.05) is 17.8 Å². The Hall–Kier alpha value is -3.92. The number of rotatable bonds is 8. The van der Waals surface area contributed by atoms with Crippen LogP contribution in [0.25, 0.3) is 0 Å². The SMILES string of the molecule is COc1cc(/C=N\NC(=O)c2ccccc2N)cc(Br)c1OCc1ccc([N+](=O)[O-])cc1. The maximum absolute atomic E-state index is 12.2. The fourth-order valence-corrected chi connectivity index (χ4v) is 3.33. The number of nitrogens with one attached hydrogen (secondary N) is 1. The normalized spacial score (nSPS) is 10.7. The fraction of sp³-hybridized carbons (Fsp3) is 0.0909. The lowest BCUT2D eigenvalue weighted by atomic mass is 10.2. The maximum Gasteiger partial charge on any atom is 0.273 e. The van der Waals surface area contributed by atoms with Crippen LogP contribution >= 0.6 is 15.9 Å². The molecule has 9 nitrogen and oxygen atoms in total. The van der Waals surface area contributed by atoms with E-state index in [4.69, 9.17) is 15.2 Å². The number of nitro benzene ring substituents is 1. The van der Waals surface area contributed by atoms with Gasteiger partial charge in [0.15, 0.2) is 11.5 Å². The Morgan fingerprint density at radius 1 is 1.22 bits per heavy atom. The van der Waals surface area contributed by atoms with Crippen molar-refractivity contribution in [1.82, 2.24) is 5.43 Å². The van der Waals surface area contributed by atoms with Crippen molar-refractivity contribution in [1.29, 1.82) is 0 Å². The Morgan fingerprint density at radius 2 is 1.94 bits per heavy atom. The number of hydrazone groups is 1. The van der Waals surface area contributed by atoms with Crippen LogP contribution in [0, 0.1) is 10.1 Å². The molecule has 10 heteroatoms. The smallest absolute Gasteiger partial charge is 0.273 e. The highest BCUT2D eigenvalue weighted by Crippen LogP contribution is 2.37. The first-order valence-electron chi connectivity index (χ1n) is 9.30. The first-order chi connectivity index (χ1) is 15.4. The molecule has 0 aliphatic heterocycles. The van der Waals surface area contributed by atoms with Crippen molar-refractivity contribution in [3.8, 4) is 11.5 Å². The molecule has 0 aliphatic rings. The van der Waals surface area contributed by atoms with Crippen molar-refractivity contribution in [2.24, 2.45) is 5.10 Å². The number of non-ortho nitro benzene ring substituents is 1. The minimum Gasteiger partial charge on any atom is -0.493 e. The van der Waals surface area contributed by atoms with Gasteiger partial charge in [0.2, 0.25) is 0 Å². The third kappa shape index (κ3) is 5.61. The first-order valence-corrected chi connectivity index (χ1v) is 10.1. The van der Waals surface area contributed by atoms with Crippen molar-refractivity contribution in [3.63, 3.8) is 0 Å².